The van der Waals surface area contributed by atoms with Crippen molar-refractivity contribution in [1.82, 2.24) is 14.7 Å². The zero-order chi connectivity index (χ0) is 10.8. The highest BCUT2D eigenvalue weighted by Gasteiger charge is 2.22. The van der Waals surface area contributed by atoms with E-state index in [2.05, 4.69) is 5.10 Å². The first-order valence-electron chi connectivity index (χ1n) is 5.09. The molecular formula is C10H14ClN3O. The van der Waals surface area contributed by atoms with Gasteiger partial charge in [0.25, 0.3) is 5.91 Å². The summed E-state index contributed by atoms with van der Waals surface area (Å²) in [6.07, 6.45) is 5.12. The van der Waals surface area contributed by atoms with Crippen LogP contribution in [0, 0.1) is 0 Å². The molecule has 0 unspecified atom stereocenters. The van der Waals surface area contributed by atoms with E-state index in [1.165, 1.54) is 0 Å². The Morgan fingerprint density at radius 1 is 1.53 bits per heavy atom. The van der Waals surface area contributed by atoms with Crippen LogP contribution in [0.5, 0.6) is 0 Å². The van der Waals surface area contributed by atoms with E-state index < -0.39 is 0 Å². The molecule has 0 aliphatic carbocycles. The third-order valence-corrected chi connectivity index (χ3v) is 3.10. The fourth-order valence-corrected chi connectivity index (χ4v) is 1.96. The van der Waals surface area contributed by atoms with Crippen molar-refractivity contribution in [3.8, 4) is 0 Å². The molecule has 0 bridgehead atoms. The Kier molecular flexibility index (Phi) is 2.95. The fraction of sp³-hybridized carbons (Fsp3) is 0.600. The van der Waals surface area contributed by atoms with Gasteiger partial charge in [-0.15, -0.1) is 11.6 Å². The molecule has 1 aliphatic heterocycles. The summed E-state index contributed by atoms with van der Waals surface area (Å²) in [5, 5.41) is 4.22. The largest absolute Gasteiger partial charge is 0.338 e. The molecule has 5 heteroatoms. The normalized spacial score (nSPS) is 18.1. The first-order valence-corrected chi connectivity index (χ1v) is 5.52. The van der Waals surface area contributed by atoms with E-state index in [0.717, 1.165) is 25.9 Å². The number of aromatic nitrogens is 2. The summed E-state index contributed by atoms with van der Waals surface area (Å²) in [4.78, 5) is 13.8. The topological polar surface area (TPSA) is 38.1 Å². The van der Waals surface area contributed by atoms with Crippen LogP contribution in [-0.2, 0) is 7.05 Å². The van der Waals surface area contributed by atoms with Crippen molar-refractivity contribution in [2.75, 3.05) is 13.1 Å². The second-order valence-electron chi connectivity index (χ2n) is 3.87. The summed E-state index contributed by atoms with van der Waals surface area (Å²) in [6.45, 7) is 1.50. The average molecular weight is 228 g/mol. The standard InChI is InChI=1S/C10H14ClN3O/c1-13-7-8(6-12-13)10(15)14-4-2-9(11)3-5-14/h6-7,9H,2-5H2,1H3. The van der Waals surface area contributed by atoms with E-state index in [1.807, 2.05) is 11.9 Å². The molecule has 2 rings (SSSR count). The van der Waals surface area contributed by atoms with E-state index in [4.69, 9.17) is 11.6 Å². The molecule has 1 aliphatic rings. The molecule has 1 fully saturated rings. The molecule has 0 radical (unpaired) electrons. The molecule has 0 spiro atoms. The predicted molar refractivity (Wildman–Crippen MR) is 58.0 cm³/mol. The smallest absolute Gasteiger partial charge is 0.257 e. The first kappa shape index (κ1) is 10.5. The van der Waals surface area contributed by atoms with E-state index in [0.29, 0.717) is 5.56 Å². The number of carbonyl (C=O) groups excluding carboxylic acids is 1. The summed E-state index contributed by atoms with van der Waals surface area (Å²) in [5.74, 6) is 0.0617. The lowest BCUT2D eigenvalue weighted by Crippen LogP contribution is -2.38. The maximum atomic E-state index is 11.9. The van der Waals surface area contributed by atoms with Gasteiger partial charge in [0.05, 0.1) is 11.8 Å². The number of halogens is 1. The van der Waals surface area contributed by atoms with E-state index in [-0.39, 0.29) is 11.3 Å². The summed E-state index contributed by atoms with van der Waals surface area (Å²) in [5.41, 5.74) is 0.658. The molecule has 1 amide bonds. The molecule has 82 valence electrons. The van der Waals surface area contributed by atoms with Crippen LogP contribution in [0.4, 0.5) is 0 Å². The number of hydrogen-bond acceptors (Lipinski definition) is 2. The third kappa shape index (κ3) is 2.31. The van der Waals surface area contributed by atoms with Crippen molar-refractivity contribution >= 4 is 17.5 Å². The van der Waals surface area contributed by atoms with Crippen LogP contribution >= 0.6 is 11.6 Å². The second-order valence-corrected chi connectivity index (χ2v) is 4.49. The van der Waals surface area contributed by atoms with Gasteiger partial charge in [-0.2, -0.15) is 5.10 Å². The van der Waals surface area contributed by atoms with E-state index in [1.54, 1.807) is 17.1 Å². The Balaban J connectivity index is 2.02. The minimum absolute atomic E-state index is 0.0617. The Morgan fingerprint density at radius 3 is 2.73 bits per heavy atom. The van der Waals surface area contributed by atoms with Crippen LogP contribution < -0.4 is 0 Å². The van der Waals surface area contributed by atoms with Crippen molar-refractivity contribution in [2.45, 2.75) is 18.2 Å². The van der Waals surface area contributed by atoms with Gasteiger partial charge in [-0.1, -0.05) is 0 Å². The lowest BCUT2D eigenvalue weighted by atomic mass is 10.1. The molecular weight excluding hydrogens is 214 g/mol. The van der Waals surface area contributed by atoms with Gasteiger partial charge in [0.2, 0.25) is 0 Å². The lowest BCUT2D eigenvalue weighted by Gasteiger charge is -2.28. The molecule has 15 heavy (non-hydrogen) atoms. The van der Waals surface area contributed by atoms with Gasteiger partial charge >= 0.3 is 0 Å². The van der Waals surface area contributed by atoms with Crippen molar-refractivity contribution in [2.24, 2.45) is 7.05 Å². The number of carbonyl (C=O) groups is 1. The molecule has 2 heterocycles. The minimum atomic E-state index is 0.0617. The molecule has 0 atom stereocenters. The van der Waals surface area contributed by atoms with Gasteiger partial charge in [0.1, 0.15) is 0 Å². The number of aryl methyl sites for hydroxylation is 1. The highest BCUT2D eigenvalue weighted by molar-refractivity contribution is 6.20. The average Bonchev–Trinajstić information content (AvgIpc) is 2.65. The van der Waals surface area contributed by atoms with Crippen LogP contribution in [0.1, 0.15) is 23.2 Å². The van der Waals surface area contributed by atoms with Gasteiger partial charge in [-0.3, -0.25) is 9.48 Å². The molecule has 0 saturated carbocycles. The van der Waals surface area contributed by atoms with Gasteiger partial charge in [0, 0.05) is 31.7 Å². The summed E-state index contributed by atoms with van der Waals surface area (Å²) in [6, 6.07) is 0. The lowest BCUT2D eigenvalue weighted by molar-refractivity contribution is 0.0726. The predicted octanol–water partition coefficient (Wildman–Crippen LogP) is 1.26. The summed E-state index contributed by atoms with van der Waals surface area (Å²) < 4.78 is 1.64. The Hall–Kier alpha value is -1.03. The van der Waals surface area contributed by atoms with Crippen LogP contribution in [0.3, 0.4) is 0 Å². The number of amides is 1. The van der Waals surface area contributed by atoms with Crippen molar-refractivity contribution < 1.29 is 4.79 Å². The molecule has 4 nitrogen and oxygen atoms in total. The molecule has 1 aromatic rings. The van der Waals surface area contributed by atoms with Crippen molar-refractivity contribution in [1.29, 1.82) is 0 Å². The molecule has 1 saturated heterocycles. The number of hydrogen-bond donors (Lipinski definition) is 0. The van der Waals surface area contributed by atoms with Gasteiger partial charge < -0.3 is 4.90 Å². The summed E-state index contributed by atoms with van der Waals surface area (Å²) >= 11 is 5.98. The quantitative estimate of drug-likeness (QED) is 0.678. The first-order chi connectivity index (χ1) is 7.16. The van der Waals surface area contributed by atoms with Crippen molar-refractivity contribution in [3.05, 3.63) is 18.0 Å². The number of likely N-dealkylation sites (tertiary alicyclic amines) is 1. The number of alkyl halides is 1. The number of rotatable bonds is 1. The van der Waals surface area contributed by atoms with Crippen LogP contribution in [0.2, 0.25) is 0 Å². The highest BCUT2D eigenvalue weighted by atomic mass is 35.5. The zero-order valence-corrected chi connectivity index (χ0v) is 9.44. The molecule has 1 aromatic heterocycles. The van der Waals surface area contributed by atoms with Crippen LogP contribution in [-0.4, -0.2) is 39.1 Å². The summed E-state index contributed by atoms with van der Waals surface area (Å²) in [7, 11) is 1.81. The van der Waals surface area contributed by atoms with Gasteiger partial charge in [-0.25, -0.2) is 0 Å². The highest BCUT2D eigenvalue weighted by Crippen LogP contribution is 2.17. The van der Waals surface area contributed by atoms with Crippen LogP contribution in [0.15, 0.2) is 12.4 Å². The zero-order valence-electron chi connectivity index (χ0n) is 8.69. The Labute approximate surface area is 93.8 Å². The second kappa shape index (κ2) is 4.23. The Morgan fingerprint density at radius 2 is 2.20 bits per heavy atom. The minimum Gasteiger partial charge on any atom is -0.338 e. The maximum absolute atomic E-state index is 11.9. The van der Waals surface area contributed by atoms with Crippen LogP contribution in [0.25, 0.3) is 0 Å². The number of nitrogens with zero attached hydrogens (tertiary/aromatic N) is 3. The van der Waals surface area contributed by atoms with Gasteiger partial charge in [-0.05, 0) is 12.8 Å². The van der Waals surface area contributed by atoms with E-state index in [9.17, 15) is 4.79 Å². The van der Waals surface area contributed by atoms with Crippen molar-refractivity contribution in [3.63, 3.8) is 0 Å². The SMILES string of the molecule is Cn1cc(C(=O)N2CCC(Cl)CC2)cn1. The monoisotopic (exact) mass is 227 g/mol. The molecule has 0 N–H and O–H groups in total. The molecule has 0 aromatic carbocycles. The van der Waals surface area contributed by atoms with E-state index >= 15 is 0 Å². The Bertz CT molecular complexity index is 355. The fourth-order valence-electron chi connectivity index (χ4n) is 1.77. The third-order valence-electron chi connectivity index (χ3n) is 2.66. The van der Waals surface area contributed by atoms with Gasteiger partial charge in [0.15, 0.2) is 0 Å². The maximum Gasteiger partial charge on any atom is 0.257 e. The number of piperidine rings is 1.